The highest BCUT2D eigenvalue weighted by atomic mass is 35.5. The lowest BCUT2D eigenvalue weighted by atomic mass is 9.49. The summed E-state index contributed by atoms with van der Waals surface area (Å²) >= 11 is 6.35. The molecule has 6 rings (SSSR count). The fourth-order valence-electron chi connectivity index (χ4n) is 9.08. The lowest BCUT2D eigenvalue weighted by molar-refractivity contribution is -0.133. The van der Waals surface area contributed by atoms with Crippen LogP contribution in [0.4, 0.5) is 0 Å². The molecule has 1 heterocycles. The molecule has 1 aromatic carbocycles. The van der Waals surface area contributed by atoms with E-state index in [-0.39, 0.29) is 11.3 Å². The first-order valence-corrected chi connectivity index (χ1v) is 13.5. The van der Waals surface area contributed by atoms with Crippen LogP contribution in [0.2, 0.25) is 5.15 Å². The van der Waals surface area contributed by atoms with Gasteiger partial charge >= 0.3 is 0 Å². The van der Waals surface area contributed by atoms with Gasteiger partial charge in [0.25, 0.3) is 0 Å². The van der Waals surface area contributed by atoms with Crippen molar-refractivity contribution < 1.29 is 9.90 Å². The molecule has 1 aromatic heterocycles. The second-order valence-electron chi connectivity index (χ2n) is 12.3. The fourth-order valence-corrected chi connectivity index (χ4v) is 9.33. The summed E-state index contributed by atoms with van der Waals surface area (Å²) in [5, 5.41) is 16.5. The van der Waals surface area contributed by atoms with Crippen molar-refractivity contribution >= 4 is 28.3 Å². The Kier molecular flexibility index (Phi) is 5.23. The van der Waals surface area contributed by atoms with Gasteiger partial charge in [-0.2, -0.15) is 5.10 Å². The average Bonchev–Trinajstić information content (AvgIpc) is 3.30. The summed E-state index contributed by atoms with van der Waals surface area (Å²) in [5.41, 5.74) is 0.616. The number of fused-ring (bicyclic) bond motifs is 6. The normalized spacial score (nSPS) is 42.5. The van der Waals surface area contributed by atoms with Crippen molar-refractivity contribution in [3.8, 4) is 0 Å². The van der Waals surface area contributed by atoms with Crippen LogP contribution in [0.3, 0.4) is 0 Å². The number of aliphatic hydroxyl groups is 1. The van der Waals surface area contributed by atoms with Gasteiger partial charge in [0, 0.05) is 11.3 Å². The smallest absolute Gasteiger partial charge is 0.158 e. The Morgan fingerprint density at radius 1 is 1.06 bits per heavy atom. The van der Waals surface area contributed by atoms with E-state index in [1.165, 1.54) is 38.5 Å². The fraction of sp³-hybridized carbons (Fsp3) is 0.714. The number of nitrogens with zero attached hydrogens (tertiary/aromatic N) is 2. The highest BCUT2D eigenvalue weighted by molar-refractivity contribution is 6.34. The predicted octanol–water partition coefficient (Wildman–Crippen LogP) is 6.28. The van der Waals surface area contributed by atoms with Crippen LogP contribution >= 0.6 is 11.6 Å². The van der Waals surface area contributed by atoms with Crippen LogP contribution in [-0.4, -0.2) is 26.3 Å². The van der Waals surface area contributed by atoms with Crippen molar-refractivity contribution in [1.29, 1.82) is 0 Å². The molecule has 4 aliphatic carbocycles. The molecular formula is C28H37ClN2O2. The summed E-state index contributed by atoms with van der Waals surface area (Å²) in [6, 6.07) is 7.92. The molecule has 4 saturated carbocycles. The van der Waals surface area contributed by atoms with Crippen molar-refractivity contribution in [2.75, 3.05) is 0 Å². The van der Waals surface area contributed by atoms with Crippen molar-refractivity contribution in [3.05, 3.63) is 29.4 Å². The van der Waals surface area contributed by atoms with Gasteiger partial charge in [-0.3, -0.25) is 9.48 Å². The SMILES string of the molecule is C[C@@]1(O)CC[C@H]2[C@H](CC[C@@H]3[C@@H]2CC[C@]2(C)[C@@H](C(=O)Cn4nc(Cl)c5ccccc54)CC[C@@H]32)C1. The van der Waals surface area contributed by atoms with Crippen LogP contribution < -0.4 is 0 Å². The highest BCUT2D eigenvalue weighted by Gasteiger charge is 2.58. The Morgan fingerprint density at radius 3 is 2.70 bits per heavy atom. The highest BCUT2D eigenvalue weighted by Crippen LogP contribution is 2.64. The van der Waals surface area contributed by atoms with Gasteiger partial charge < -0.3 is 5.11 Å². The minimum absolute atomic E-state index is 0.123. The quantitative estimate of drug-likeness (QED) is 0.576. The van der Waals surface area contributed by atoms with Gasteiger partial charge in [0.2, 0.25) is 0 Å². The first-order valence-electron chi connectivity index (χ1n) is 13.1. The van der Waals surface area contributed by atoms with E-state index in [4.69, 9.17) is 11.6 Å². The number of hydrogen-bond acceptors (Lipinski definition) is 3. The zero-order valence-electron chi connectivity index (χ0n) is 20.0. The zero-order chi connectivity index (χ0) is 23.0. The van der Waals surface area contributed by atoms with E-state index in [0.717, 1.165) is 47.9 Å². The van der Waals surface area contributed by atoms with Gasteiger partial charge in [0.05, 0.1) is 11.1 Å². The molecule has 4 nitrogen and oxygen atoms in total. The predicted molar refractivity (Wildman–Crippen MR) is 131 cm³/mol. The number of para-hydroxylation sites is 1. The number of halogens is 1. The van der Waals surface area contributed by atoms with Crippen LogP contribution in [0.1, 0.15) is 71.6 Å². The van der Waals surface area contributed by atoms with Gasteiger partial charge in [-0.05, 0) is 112 Å². The Balaban J connectivity index is 1.21. The summed E-state index contributed by atoms with van der Waals surface area (Å²) in [6.07, 6.45) is 10.4. The van der Waals surface area contributed by atoms with Crippen molar-refractivity contribution in [2.45, 2.75) is 83.8 Å². The molecule has 2 aromatic rings. The second kappa shape index (κ2) is 7.81. The van der Waals surface area contributed by atoms with Crippen LogP contribution in [0.5, 0.6) is 0 Å². The topological polar surface area (TPSA) is 55.1 Å². The van der Waals surface area contributed by atoms with Crippen molar-refractivity contribution in [3.63, 3.8) is 0 Å². The van der Waals surface area contributed by atoms with Crippen LogP contribution in [0.15, 0.2) is 24.3 Å². The number of aromatic nitrogens is 2. The van der Waals surface area contributed by atoms with E-state index in [1.54, 1.807) is 0 Å². The molecule has 0 radical (unpaired) electrons. The molecule has 33 heavy (non-hydrogen) atoms. The van der Waals surface area contributed by atoms with Crippen molar-refractivity contribution in [1.82, 2.24) is 9.78 Å². The second-order valence-corrected chi connectivity index (χ2v) is 12.6. The summed E-state index contributed by atoms with van der Waals surface area (Å²) < 4.78 is 1.82. The number of hydrogen-bond donors (Lipinski definition) is 1. The maximum atomic E-state index is 13.7. The molecule has 0 saturated heterocycles. The van der Waals surface area contributed by atoms with Crippen LogP contribution in [0.25, 0.3) is 10.9 Å². The molecule has 1 N–H and O–H groups in total. The first-order chi connectivity index (χ1) is 15.8. The van der Waals surface area contributed by atoms with Crippen LogP contribution in [0, 0.1) is 40.9 Å². The summed E-state index contributed by atoms with van der Waals surface area (Å²) in [4.78, 5) is 13.7. The Labute approximate surface area is 202 Å². The number of carbonyl (C=O) groups excluding carboxylic acids is 1. The van der Waals surface area contributed by atoms with E-state index in [0.29, 0.717) is 29.3 Å². The molecule has 8 atom stereocenters. The average molecular weight is 469 g/mol. The van der Waals surface area contributed by atoms with E-state index in [2.05, 4.69) is 12.0 Å². The van der Waals surface area contributed by atoms with Crippen molar-refractivity contribution in [2.24, 2.45) is 40.9 Å². The monoisotopic (exact) mass is 468 g/mol. The molecule has 0 unspecified atom stereocenters. The Hall–Kier alpha value is -1.39. The zero-order valence-corrected chi connectivity index (χ0v) is 20.7. The number of rotatable bonds is 3. The Morgan fingerprint density at radius 2 is 1.85 bits per heavy atom. The molecule has 0 spiro atoms. The molecule has 4 aliphatic rings. The summed E-state index contributed by atoms with van der Waals surface area (Å²) in [5.74, 6) is 4.22. The minimum Gasteiger partial charge on any atom is -0.390 e. The maximum absolute atomic E-state index is 13.7. The van der Waals surface area contributed by atoms with Gasteiger partial charge in [-0.25, -0.2) is 0 Å². The number of benzene rings is 1. The molecule has 0 bridgehead atoms. The lowest BCUT2D eigenvalue weighted by Gasteiger charge is -2.56. The molecule has 0 aliphatic heterocycles. The third-order valence-electron chi connectivity index (χ3n) is 10.5. The number of ketones is 1. The summed E-state index contributed by atoms with van der Waals surface area (Å²) in [6.45, 7) is 4.79. The Bertz CT molecular complexity index is 1080. The van der Waals surface area contributed by atoms with Crippen LogP contribution in [-0.2, 0) is 11.3 Å². The largest absolute Gasteiger partial charge is 0.390 e. The first kappa shape index (κ1) is 22.1. The van der Waals surface area contributed by atoms with Gasteiger partial charge in [0.15, 0.2) is 10.9 Å². The molecule has 5 heteroatoms. The van der Waals surface area contributed by atoms with Gasteiger partial charge in [0.1, 0.15) is 6.54 Å². The van der Waals surface area contributed by atoms with E-state index in [9.17, 15) is 9.90 Å². The molecular weight excluding hydrogens is 432 g/mol. The molecule has 178 valence electrons. The maximum Gasteiger partial charge on any atom is 0.158 e. The van der Waals surface area contributed by atoms with Gasteiger partial charge in [-0.1, -0.05) is 30.7 Å². The summed E-state index contributed by atoms with van der Waals surface area (Å²) in [7, 11) is 0. The van der Waals surface area contributed by atoms with E-state index >= 15 is 0 Å². The minimum atomic E-state index is -0.457. The molecule has 0 amide bonds. The standard InChI is InChI=1S/C28H37ClN2O2/c1-27(33)13-11-18-17(15-27)7-8-20-19(18)12-14-28(2)22(20)9-10-23(28)25(32)16-31-24-6-4-3-5-21(24)26(29)30-31/h3-6,17-20,22-23,33H,7-16H2,1-2H3/t17-,18+,19-,20-,22+,23-,27-,28+/m1/s1. The third kappa shape index (κ3) is 3.50. The lowest BCUT2D eigenvalue weighted by Crippen LogP contribution is -2.51. The third-order valence-corrected chi connectivity index (χ3v) is 10.8. The molecule has 4 fully saturated rings. The number of Topliss-reactive ketones (excluding diaryl/α,β-unsaturated/α-hetero) is 1. The van der Waals surface area contributed by atoms with Gasteiger partial charge in [-0.15, -0.1) is 0 Å². The van der Waals surface area contributed by atoms with E-state index in [1.807, 2.05) is 35.9 Å². The van der Waals surface area contributed by atoms with E-state index < -0.39 is 5.60 Å². The number of carbonyl (C=O) groups is 1.